The summed E-state index contributed by atoms with van der Waals surface area (Å²) in [6.45, 7) is 6.02. The summed E-state index contributed by atoms with van der Waals surface area (Å²) in [5.74, 6) is -0.465. The molecule has 3 rings (SSSR count). The molecule has 1 aromatic heterocycles. The van der Waals surface area contributed by atoms with Crippen LogP contribution in [0.5, 0.6) is 0 Å². The molecule has 0 bridgehead atoms. The summed E-state index contributed by atoms with van der Waals surface area (Å²) in [7, 11) is -3.58. The summed E-state index contributed by atoms with van der Waals surface area (Å²) in [5.41, 5.74) is 1.26. The predicted molar refractivity (Wildman–Crippen MR) is 117 cm³/mol. The van der Waals surface area contributed by atoms with Crippen molar-refractivity contribution in [3.05, 3.63) is 42.6 Å². The van der Waals surface area contributed by atoms with Gasteiger partial charge >= 0.3 is 0 Å². The second-order valence-electron chi connectivity index (χ2n) is 6.67. The van der Waals surface area contributed by atoms with Crippen LogP contribution in [-0.2, 0) is 19.6 Å². The minimum atomic E-state index is -3.58. The third-order valence-electron chi connectivity index (χ3n) is 4.73. The highest BCUT2D eigenvalue weighted by atomic mass is 32.2. The summed E-state index contributed by atoms with van der Waals surface area (Å²) in [6, 6.07) is 10.2. The van der Waals surface area contributed by atoms with Gasteiger partial charge in [-0.25, -0.2) is 13.4 Å². The van der Waals surface area contributed by atoms with Gasteiger partial charge in [0.05, 0.1) is 21.7 Å². The molecule has 1 atom stereocenters. The second-order valence-corrected chi connectivity index (χ2v) is 9.97. The van der Waals surface area contributed by atoms with Gasteiger partial charge < -0.3 is 5.32 Å². The van der Waals surface area contributed by atoms with Gasteiger partial charge in [-0.05, 0) is 31.2 Å². The molecule has 1 aromatic carbocycles. The van der Waals surface area contributed by atoms with E-state index in [1.807, 2.05) is 6.07 Å². The molecule has 0 radical (unpaired) electrons. The van der Waals surface area contributed by atoms with Crippen LogP contribution in [0, 0.1) is 0 Å². The van der Waals surface area contributed by atoms with Crippen molar-refractivity contribution in [3.8, 4) is 0 Å². The standard InChI is InChI=1S/C20H24N4O4S2/c1-4-23(5-2)30(27,28)15-10-11-19(21-12-15)29-14(3)20(26)24-13-18(25)22-16-8-6-7-9-17(16)24/h6-12,14H,4-5,13H2,1-3H3,(H,22,25)/t14-/m1/s1. The number of fused-ring (bicyclic) bond motifs is 1. The molecule has 0 fully saturated rings. The molecule has 0 saturated carbocycles. The zero-order chi connectivity index (χ0) is 21.9. The van der Waals surface area contributed by atoms with Crippen molar-refractivity contribution in [2.75, 3.05) is 29.9 Å². The van der Waals surface area contributed by atoms with Crippen LogP contribution in [0.4, 0.5) is 11.4 Å². The Bertz CT molecular complexity index is 1040. The number of pyridine rings is 1. The van der Waals surface area contributed by atoms with E-state index in [4.69, 9.17) is 0 Å². The maximum Gasteiger partial charge on any atom is 0.244 e. The normalized spacial score (nSPS) is 14.9. The highest BCUT2D eigenvalue weighted by molar-refractivity contribution is 8.00. The average Bonchev–Trinajstić information content (AvgIpc) is 2.73. The fraction of sp³-hybridized carbons (Fsp3) is 0.350. The summed E-state index contributed by atoms with van der Waals surface area (Å²) in [5, 5.41) is 2.78. The Morgan fingerprint density at radius 1 is 1.23 bits per heavy atom. The summed E-state index contributed by atoms with van der Waals surface area (Å²) in [4.78, 5) is 30.8. The van der Waals surface area contributed by atoms with Gasteiger partial charge in [0.15, 0.2) is 0 Å². The highest BCUT2D eigenvalue weighted by Gasteiger charge is 2.30. The number of benzene rings is 1. The molecule has 30 heavy (non-hydrogen) atoms. The summed E-state index contributed by atoms with van der Waals surface area (Å²) in [6.07, 6.45) is 1.32. The van der Waals surface area contributed by atoms with Gasteiger partial charge in [-0.2, -0.15) is 4.31 Å². The maximum absolute atomic E-state index is 13.0. The molecule has 0 unspecified atom stereocenters. The lowest BCUT2D eigenvalue weighted by Gasteiger charge is -2.30. The van der Waals surface area contributed by atoms with Crippen molar-refractivity contribution in [1.29, 1.82) is 0 Å². The number of thioether (sulfide) groups is 1. The molecular weight excluding hydrogens is 424 g/mol. The van der Waals surface area contributed by atoms with Crippen LogP contribution in [0.25, 0.3) is 0 Å². The number of nitrogens with one attached hydrogen (secondary N) is 1. The topological polar surface area (TPSA) is 99.7 Å². The van der Waals surface area contributed by atoms with Crippen molar-refractivity contribution in [3.63, 3.8) is 0 Å². The first-order chi connectivity index (χ1) is 14.3. The van der Waals surface area contributed by atoms with Gasteiger partial charge in [-0.3, -0.25) is 14.5 Å². The molecule has 10 heteroatoms. The van der Waals surface area contributed by atoms with Crippen LogP contribution in [0.2, 0.25) is 0 Å². The van der Waals surface area contributed by atoms with Gasteiger partial charge in [0.2, 0.25) is 21.8 Å². The number of rotatable bonds is 7. The number of aromatic nitrogens is 1. The maximum atomic E-state index is 13.0. The number of amides is 2. The van der Waals surface area contributed by atoms with Gasteiger partial charge in [0.25, 0.3) is 0 Å². The number of anilines is 2. The van der Waals surface area contributed by atoms with Crippen LogP contribution in [0.1, 0.15) is 20.8 Å². The smallest absolute Gasteiger partial charge is 0.244 e. The van der Waals surface area contributed by atoms with Crippen LogP contribution < -0.4 is 10.2 Å². The van der Waals surface area contributed by atoms with E-state index in [9.17, 15) is 18.0 Å². The number of sulfonamides is 1. The van der Waals surface area contributed by atoms with Crippen LogP contribution in [-0.4, -0.2) is 54.4 Å². The van der Waals surface area contributed by atoms with E-state index in [2.05, 4.69) is 10.3 Å². The Hall–Kier alpha value is -2.43. The molecule has 0 saturated heterocycles. The molecule has 2 aromatic rings. The van der Waals surface area contributed by atoms with Crippen molar-refractivity contribution < 1.29 is 18.0 Å². The quantitative estimate of drug-likeness (QED) is 0.654. The van der Waals surface area contributed by atoms with Gasteiger partial charge in [0, 0.05) is 19.3 Å². The number of carbonyl (C=O) groups is 2. The Morgan fingerprint density at radius 2 is 1.93 bits per heavy atom. The summed E-state index contributed by atoms with van der Waals surface area (Å²) < 4.78 is 26.5. The molecule has 1 aliphatic heterocycles. The van der Waals surface area contributed by atoms with E-state index in [-0.39, 0.29) is 23.3 Å². The molecule has 2 heterocycles. The van der Waals surface area contributed by atoms with Crippen LogP contribution in [0.3, 0.4) is 0 Å². The first-order valence-electron chi connectivity index (χ1n) is 9.61. The van der Waals surface area contributed by atoms with Crippen molar-refractivity contribution >= 4 is 45.0 Å². The summed E-state index contributed by atoms with van der Waals surface area (Å²) >= 11 is 1.22. The predicted octanol–water partition coefficient (Wildman–Crippen LogP) is 2.58. The molecule has 8 nitrogen and oxygen atoms in total. The fourth-order valence-corrected chi connectivity index (χ4v) is 5.44. The third-order valence-corrected chi connectivity index (χ3v) is 7.81. The Labute approximate surface area is 180 Å². The molecule has 2 amide bonds. The zero-order valence-corrected chi connectivity index (χ0v) is 18.7. The largest absolute Gasteiger partial charge is 0.323 e. The molecule has 1 N–H and O–H groups in total. The number of hydrogen-bond donors (Lipinski definition) is 1. The number of para-hydroxylation sites is 2. The number of carbonyl (C=O) groups excluding carboxylic acids is 2. The number of nitrogens with zero attached hydrogens (tertiary/aromatic N) is 3. The molecule has 1 aliphatic rings. The second kappa shape index (κ2) is 9.15. The van der Waals surface area contributed by atoms with E-state index in [0.717, 1.165) is 0 Å². The van der Waals surface area contributed by atoms with Crippen LogP contribution >= 0.6 is 11.8 Å². The van der Waals surface area contributed by atoms with Gasteiger partial charge in [-0.1, -0.05) is 37.7 Å². The van der Waals surface area contributed by atoms with E-state index in [0.29, 0.717) is 29.5 Å². The molecule has 0 spiro atoms. The van der Waals surface area contributed by atoms with Gasteiger partial charge in [-0.15, -0.1) is 0 Å². The molecule has 160 valence electrons. The monoisotopic (exact) mass is 448 g/mol. The molecule has 0 aliphatic carbocycles. The zero-order valence-electron chi connectivity index (χ0n) is 17.0. The Morgan fingerprint density at radius 3 is 2.57 bits per heavy atom. The Kier molecular flexibility index (Phi) is 6.79. The Balaban J connectivity index is 1.74. The van der Waals surface area contributed by atoms with Crippen molar-refractivity contribution in [2.45, 2.75) is 35.9 Å². The average molecular weight is 449 g/mol. The van der Waals surface area contributed by atoms with Crippen LogP contribution in [0.15, 0.2) is 52.5 Å². The lowest BCUT2D eigenvalue weighted by Crippen LogP contribution is -2.45. The minimum Gasteiger partial charge on any atom is -0.323 e. The highest BCUT2D eigenvalue weighted by Crippen LogP contribution is 2.32. The lowest BCUT2D eigenvalue weighted by atomic mass is 10.2. The van der Waals surface area contributed by atoms with Gasteiger partial charge in [0.1, 0.15) is 11.4 Å². The SMILES string of the molecule is CCN(CC)S(=O)(=O)c1ccc(S[C@H](C)C(=O)N2CC(=O)Nc3ccccc32)nc1. The van der Waals surface area contributed by atoms with Crippen molar-refractivity contribution in [1.82, 2.24) is 9.29 Å². The third kappa shape index (κ3) is 4.50. The van der Waals surface area contributed by atoms with Crippen molar-refractivity contribution in [2.24, 2.45) is 0 Å². The lowest BCUT2D eigenvalue weighted by molar-refractivity contribution is -0.121. The van der Waals surface area contributed by atoms with E-state index in [1.54, 1.807) is 45.0 Å². The minimum absolute atomic E-state index is 0.0464. The van der Waals surface area contributed by atoms with E-state index >= 15 is 0 Å². The fourth-order valence-electron chi connectivity index (χ4n) is 3.18. The van der Waals surface area contributed by atoms with E-state index in [1.165, 1.54) is 33.2 Å². The first-order valence-corrected chi connectivity index (χ1v) is 11.9. The number of hydrogen-bond acceptors (Lipinski definition) is 6. The first kappa shape index (κ1) is 22.3. The molecular formula is C20H24N4O4S2. The van der Waals surface area contributed by atoms with E-state index < -0.39 is 15.3 Å².